The van der Waals surface area contributed by atoms with Crippen molar-refractivity contribution in [3.05, 3.63) is 34.1 Å². The Hall–Kier alpha value is -1.06. The van der Waals surface area contributed by atoms with Crippen LogP contribution in [0.2, 0.25) is 0 Å². The molecule has 0 bridgehead atoms. The van der Waals surface area contributed by atoms with Crippen LogP contribution in [0.3, 0.4) is 0 Å². The van der Waals surface area contributed by atoms with Gasteiger partial charge in [-0.15, -0.1) is 0 Å². The number of carbonyl (C=O) groups excluding carboxylic acids is 1. The summed E-state index contributed by atoms with van der Waals surface area (Å²) in [4.78, 5) is 11.9. The number of hydrogen-bond donors (Lipinski definition) is 5. The number of benzene rings is 1. The quantitative estimate of drug-likeness (QED) is 0.395. The number of nitrogens with one attached hydrogen (secondary N) is 2. The minimum absolute atomic E-state index is 0.120. The highest BCUT2D eigenvalue weighted by Gasteiger charge is 2.26. The first-order valence-electron chi connectivity index (χ1n) is 5.38. The number of hydroxylamine groups is 1. The highest BCUT2D eigenvalue weighted by Crippen LogP contribution is 2.17. The van der Waals surface area contributed by atoms with Gasteiger partial charge in [0.2, 0.25) is 0 Å². The Labute approximate surface area is 117 Å². The summed E-state index contributed by atoms with van der Waals surface area (Å²) < 4.78 is 13.2. The number of halogens is 2. The molecule has 0 heterocycles. The van der Waals surface area contributed by atoms with Gasteiger partial charge < -0.3 is 20.7 Å². The zero-order valence-electron chi connectivity index (χ0n) is 9.97. The Kier molecular flexibility index (Phi) is 5.83. The van der Waals surface area contributed by atoms with Crippen LogP contribution in [-0.2, 0) is 0 Å². The van der Waals surface area contributed by atoms with Gasteiger partial charge in [0.05, 0.1) is 16.6 Å². The van der Waals surface area contributed by atoms with Crippen LogP contribution in [0.15, 0.2) is 22.7 Å². The maximum Gasteiger partial charge on any atom is 0.251 e. The van der Waals surface area contributed by atoms with Gasteiger partial charge in [0.15, 0.2) is 0 Å². The first kappa shape index (κ1) is 16.0. The van der Waals surface area contributed by atoms with Gasteiger partial charge in [-0.3, -0.25) is 4.79 Å². The van der Waals surface area contributed by atoms with E-state index < -0.39 is 30.1 Å². The van der Waals surface area contributed by atoms with Crippen molar-refractivity contribution in [3.8, 4) is 0 Å². The molecule has 0 fully saturated rings. The average molecular weight is 337 g/mol. The van der Waals surface area contributed by atoms with Gasteiger partial charge in [-0.1, -0.05) is 0 Å². The van der Waals surface area contributed by atoms with E-state index in [2.05, 4.69) is 21.2 Å². The van der Waals surface area contributed by atoms with Gasteiger partial charge in [-0.05, 0) is 41.1 Å². The van der Waals surface area contributed by atoms with E-state index in [0.717, 1.165) is 6.07 Å². The van der Waals surface area contributed by atoms with Crippen LogP contribution in [0, 0.1) is 5.82 Å². The first-order valence-corrected chi connectivity index (χ1v) is 6.17. The summed E-state index contributed by atoms with van der Waals surface area (Å²) in [6.07, 6.45) is -2.64. The molecule has 106 valence electrons. The molecule has 1 aromatic rings. The minimum atomic E-state index is -1.53. The summed E-state index contributed by atoms with van der Waals surface area (Å²) in [7, 11) is 0. The average Bonchev–Trinajstić information content (AvgIpc) is 2.37. The summed E-state index contributed by atoms with van der Waals surface area (Å²) in [5.74, 6) is -1.14. The van der Waals surface area contributed by atoms with Gasteiger partial charge in [0.1, 0.15) is 12.0 Å². The van der Waals surface area contributed by atoms with E-state index in [0.29, 0.717) is 0 Å². The lowest BCUT2D eigenvalue weighted by molar-refractivity contribution is -0.0463. The van der Waals surface area contributed by atoms with Crippen LogP contribution in [0.25, 0.3) is 0 Å². The van der Waals surface area contributed by atoms with Crippen molar-refractivity contribution in [1.29, 1.82) is 0 Å². The molecule has 0 aliphatic carbocycles. The van der Waals surface area contributed by atoms with E-state index in [1.54, 1.807) is 0 Å². The number of aliphatic hydroxyl groups is 2. The third-order valence-corrected chi connectivity index (χ3v) is 3.08. The smallest absolute Gasteiger partial charge is 0.251 e. The molecule has 0 spiro atoms. The fourth-order valence-electron chi connectivity index (χ4n) is 1.42. The number of hydrogen-bond acceptors (Lipinski definition) is 5. The van der Waals surface area contributed by atoms with Gasteiger partial charge >= 0.3 is 0 Å². The van der Waals surface area contributed by atoms with Crippen LogP contribution < -0.4 is 10.8 Å². The lowest BCUT2D eigenvalue weighted by Gasteiger charge is -2.25. The summed E-state index contributed by atoms with van der Waals surface area (Å²) in [5, 5.41) is 29.7. The molecule has 8 heteroatoms. The normalized spacial score (nSPS) is 15.7. The fraction of sp³-hybridized carbons (Fsp3) is 0.364. The zero-order valence-corrected chi connectivity index (χ0v) is 11.6. The van der Waals surface area contributed by atoms with E-state index in [-0.39, 0.29) is 10.0 Å². The summed E-state index contributed by atoms with van der Waals surface area (Å²) in [6.45, 7) is 1.34. The van der Waals surface area contributed by atoms with Gasteiger partial charge in [-0.2, -0.15) is 5.48 Å². The van der Waals surface area contributed by atoms with E-state index >= 15 is 0 Å². The van der Waals surface area contributed by atoms with Crippen molar-refractivity contribution in [2.45, 2.75) is 25.3 Å². The van der Waals surface area contributed by atoms with Crippen LogP contribution in [0.5, 0.6) is 0 Å². The molecule has 1 aromatic carbocycles. The Bertz CT molecular complexity index is 458. The molecule has 0 saturated carbocycles. The van der Waals surface area contributed by atoms with E-state index in [9.17, 15) is 19.4 Å². The Balaban J connectivity index is 2.84. The monoisotopic (exact) mass is 336 g/mol. The van der Waals surface area contributed by atoms with Gasteiger partial charge in [0, 0.05) is 5.56 Å². The molecule has 3 unspecified atom stereocenters. The van der Waals surface area contributed by atoms with Crippen molar-refractivity contribution >= 4 is 21.8 Å². The molecule has 0 aromatic heterocycles. The molecule has 1 rings (SSSR count). The highest BCUT2D eigenvalue weighted by atomic mass is 79.9. The second-order valence-corrected chi connectivity index (χ2v) is 4.80. The molecule has 0 aliphatic rings. The van der Waals surface area contributed by atoms with Crippen LogP contribution in [-0.4, -0.2) is 39.7 Å². The van der Waals surface area contributed by atoms with Gasteiger partial charge in [-0.25, -0.2) is 4.39 Å². The largest absolute Gasteiger partial charge is 0.391 e. The third-order valence-electron chi connectivity index (χ3n) is 2.47. The maximum absolute atomic E-state index is 13.0. The zero-order chi connectivity index (χ0) is 14.6. The van der Waals surface area contributed by atoms with Crippen molar-refractivity contribution in [2.75, 3.05) is 0 Å². The molecule has 6 nitrogen and oxygen atoms in total. The number of carbonyl (C=O) groups is 1. The van der Waals surface area contributed by atoms with E-state index in [1.807, 2.05) is 0 Å². The van der Waals surface area contributed by atoms with Gasteiger partial charge in [0.25, 0.3) is 5.91 Å². The van der Waals surface area contributed by atoms with Crippen LogP contribution in [0.1, 0.15) is 17.3 Å². The van der Waals surface area contributed by atoms with E-state index in [1.165, 1.54) is 24.5 Å². The predicted molar refractivity (Wildman–Crippen MR) is 68.0 cm³/mol. The molecule has 0 radical (unpaired) electrons. The highest BCUT2D eigenvalue weighted by molar-refractivity contribution is 9.10. The molecular formula is C11H14BrFN2O4. The molecule has 3 atom stereocenters. The Morgan fingerprint density at radius 3 is 2.53 bits per heavy atom. The molecule has 0 aliphatic heterocycles. The van der Waals surface area contributed by atoms with Crippen LogP contribution >= 0.6 is 15.9 Å². The second kappa shape index (κ2) is 6.92. The SMILES string of the molecule is CC(O)C(NC(=O)c1ccc(F)c(Br)c1)C(O)NO. The first-order chi connectivity index (χ1) is 8.86. The lowest BCUT2D eigenvalue weighted by Crippen LogP contribution is -2.54. The third kappa shape index (κ3) is 4.22. The van der Waals surface area contributed by atoms with Crippen molar-refractivity contribution in [1.82, 2.24) is 10.8 Å². The summed E-state index contributed by atoms with van der Waals surface area (Å²) in [6, 6.07) is 2.51. The lowest BCUT2D eigenvalue weighted by atomic mass is 10.1. The Morgan fingerprint density at radius 1 is 1.42 bits per heavy atom. The number of aliphatic hydroxyl groups excluding tert-OH is 2. The fourth-order valence-corrected chi connectivity index (χ4v) is 1.79. The van der Waals surface area contributed by atoms with Crippen molar-refractivity contribution < 1.29 is 24.6 Å². The Morgan fingerprint density at radius 2 is 2.05 bits per heavy atom. The maximum atomic E-state index is 13.0. The summed E-state index contributed by atoms with van der Waals surface area (Å²) >= 11 is 2.95. The van der Waals surface area contributed by atoms with Crippen molar-refractivity contribution in [2.24, 2.45) is 0 Å². The number of rotatable bonds is 5. The molecule has 5 N–H and O–H groups in total. The van der Waals surface area contributed by atoms with Crippen molar-refractivity contribution in [3.63, 3.8) is 0 Å². The predicted octanol–water partition coefficient (Wildman–Crippen LogP) is 0.365. The molecule has 0 saturated heterocycles. The molecular weight excluding hydrogens is 323 g/mol. The van der Waals surface area contributed by atoms with E-state index in [4.69, 9.17) is 5.21 Å². The number of amides is 1. The molecule has 19 heavy (non-hydrogen) atoms. The standard InChI is InChI=1S/C11H14BrFN2O4/c1-5(16)9(11(18)15-19)14-10(17)6-2-3-8(13)7(12)4-6/h2-5,9,11,15-16,18-19H,1H3,(H,14,17). The topological polar surface area (TPSA) is 102 Å². The summed E-state index contributed by atoms with van der Waals surface area (Å²) in [5.41, 5.74) is 1.68. The second-order valence-electron chi connectivity index (χ2n) is 3.94. The molecule has 1 amide bonds. The minimum Gasteiger partial charge on any atom is -0.391 e. The van der Waals surface area contributed by atoms with Crippen LogP contribution in [0.4, 0.5) is 4.39 Å².